The number of nitrogens with one attached hydrogen (secondary N) is 1. The Morgan fingerprint density at radius 2 is 2.12 bits per heavy atom. The number of benzene rings is 1. The third-order valence-electron chi connectivity index (χ3n) is 3.29. The zero-order valence-corrected chi connectivity index (χ0v) is 14.6. The molecule has 0 saturated heterocycles. The number of methoxy groups -OCH3 is 1. The van der Waals surface area contributed by atoms with Gasteiger partial charge < -0.3 is 19.4 Å². The van der Waals surface area contributed by atoms with Gasteiger partial charge in [-0.2, -0.15) is 11.8 Å². The second-order valence-electron chi connectivity index (χ2n) is 5.04. The van der Waals surface area contributed by atoms with E-state index in [1.165, 1.54) is 0 Å². The van der Waals surface area contributed by atoms with Crippen molar-refractivity contribution in [3.8, 4) is 0 Å². The maximum atomic E-state index is 12.1. The lowest BCUT2D eigenvalue weighted by Crippen LogP contribution is -2.31. The molecule has 0 radical (unpaired) electrons. The van der Waals surface area contributed by atoms with Crippen LogP contribution < -0.4 is 5.32 Å². The zero-order valence-electron chi connectivity index (χ0n) is 13.8. The summed E-state index contributed by atoms with van der Waals surface area (Å²) in [6.07, 6.45) is 1.98. The van der Waals surface area contributed by atoms with E-state index >= 15 is 0 Å². The number of thioether (sulfide) groups is 1. The van der Waals surface area contributed by atoms with Crippen molar-refractivity contribution in [2.45, 2.75) is 12.3 Å². The fourth-order valence-corrected chi connectivity index (χ4v) is 2.68. The van der Waals surface area contributed by atoms with Crippen LogP contribution in [-0.4, -0.2) is 54.6 Å². The van der Waals surface area contributed by atoms with Crippen LogP contribution in [0, 0.1) is 0 Å². The third-order valence-corrected chi connectivity index (χ3v) is 3.83. The minimum absolute atomic E-state index is 0.0295. The Morgan fingerprint density at radius 1 is 1.33 bits per heavy atom. The van der Waals surface area contributed by atoms with Gasteiger partial charge in [0.05, 0.1) is 23.4 Å². The number of aromatic nitrogens is 2. The number of nitrogens with zero attached hydrogens (tertiary/aromatic N) is 2. The number of carbonyl (C=O) groups is 2. The molecule has 7 nitrogen and oxygen atoms in total. The second kappa shape index (κ2) is 9.29. The normalized spacial score (nSPS) is 10.8. The van der Waals surface area contributed by atoms with Crippen molar-refractivity contribution in [2.75, 3.05) is 33.1 Å². The van der Waals surface area contributed by atoms with E-state index in [2.05, 4.69) is 10.3 Å². The Morgan fingerprint density at radius 3 is 2.88 bits per heavy atom. The lowest BCUT2D eigenvalue weighted by Gasteiger charge is -2.09. The Bertz CT molecular complexity index is 702. The van der Waals surface area contributed by atoms with E-state index in [4.69, 9.17) is 9.47 Å². The van der Waals surface area contributed by atoms with Gasteiger partial charge in [-0.05, 0) is 18.4 Å². The van der Waals surface area contributed by atoms with Crippen LogP contribution in [0.1, 0.15) is 5.82 Å². The maximum absolute atomic E-state index is 12.1. The quantitative estimate of drug-likeness (QED) is 0.540. The van der Waals surface area contributed by atoms with Crippen LogP contribution in [0.5, 0.6) is 0 Å². The highest BCUT2D eigenvalue weighted by Crippen LogP contribution is 2.19. The summed E-state index contributed by atoms with van der Waals surface area (Å²) in [7, 11) is 1.55. The lowest BCUT2D eigenvalue weighted by molar-refractivity contribution is -0.149. The number of amides is 1. The number of imidazole rings is 1. The third kappa shape index (κ3) is 4.97. The molecule has 1 N–H and O–H groups in total. The molecule has 1 amide bonds. The monoisotopic (exact) mass is 351 g/mol. The van der Waals surface area contributed by atoms with Gasteiger partial charge in [0.25, 0.3) is 5.91 Å². The van der Waals surface area contributed by atoms with E-state index in [9.17, 15) is 9.59 Å². The standard InChI is InChI=1S/C16H21N3O4S/c1-22-8-7-17-15(20)10-23-16(21)9-19-13-6-4-3-5-12(13)18-14(19)11-24-2/h3-6H,7-11H2,1-2H3,(H,17,20). The molecular weight excluding hydrogens is 330 g/mol. The molecule has 1 aromatic carbocycles. The molecule has 0 bridgehead atoms. The van der Waals surface area contributed by atoms with Crippen molar-refractivity contribution >= 4 is 34.7 Å². The summed E-state index contributed by atoms with van der Waals surface area (Å²) in [6, 6.07) is 7.63. The largest absolute Gasteiger partial charge is 0.454 e. The SMILES string of the molecule is COCCNC(=O)COC(=O)Cn1c(CSC)nc2ccccc21. The number of carbonyl (C=O) groups excluding carboxylic acids is 2. The number of ether oxygens (including phenoxy) is 2. The van der Waals surface area contributed by atoms with Crippen molar-refractivity contribution in [2.24, 2.45) is 0 Å². The van der Waals surface area contributed by atoms with E-state index in [0.717, 1.165) is 16.9 Å². The fraction of sp³-hybridized carbons (Fsp3) is 0.438. The molecule has 0 unspecified atom stereocenters. The van der Waals surface area contributed by atoms with Gasteiger partial charge in [0.1, 0.15) is 12.4 Å². The van der Waals surface area contributed by atoms with Gasteiger partial charge in [0, 0.05) is 13.7 Å². The van der Waals surface area contributed by atoms with Crippen LogP contribution in [-0.2, 0) is 31.4 Å². The van der Waals surface area contributed by atoms with Crippen LogP contribution in [0.3, 0.4) is 0 Å². The van der Waals surface area contributed by atoms with Crippen molar-refractivity contribution in [1.29, 1.82) is 0 Å². The summed E-state index contributed by atoms with van der Waals surface area (Å²) in [5.74, 6) is 0.687. The van der Waals surface area contributed by atoms with E-state index in [0.29, 0.717) is 18.9 Å². The van der Waals surface area contributed by atoms with Crippen LogP contribution in [0.4, 0.5) is 0 Å². The molecule has 2 aromatic rings. The number of hydrogen-bond acceptors (Lipinski definition) is 6. The first-order chi connectivity index (χ1) is 11.7. The molecule has 0 aliphatic heterocycles. The predicted molar refractivity (Wildman–Crippen MR) is 92.8 cm³/mol. The molecule has 0 aliphatic carbocycles. The van der Waals surface area contributed by atoms with Gasteiger partial charge in [-0.25, -0.2) is 4.98 Å². The molecule has 0 spiro atoms. The highest BCUT2D eigenvalue weighted by molar-refractivity contribution is 7.97. The van der Waals surface area contributed by atoms with Crippen molar-refractivity contribution in [3.05, 3.63) is 30.1 Å². The van der Waals surface area contributed by atoms with E-state index in [1.807, 2.05) is 35.1 Å². The molecule has 0 saturated carbocycles. The smallest absolute Gasteiger partial charge is 0.326 e. The zero-order chi connectivity index (χ0) is 17.4. The molecular formula is C16H21N3O4S. The van der Waals surface area contributed by atoms with Crippen molar-refractivity contribution < 1.29 is 19.1 Å². The second-order valence-corrected chi connectivity index (χ2v) is 5.91. The number of fused-ring (bicyclic) bond motifs is 1. The van der Waals surface area contributed by atoms with Gasteiger partial charge in [-0.15, -0.1) is 0 Å². The molecule has 0 fully saturated rings. The molecule has 130 valence electrons. The van der Waals surface area contributed by atoms with Crippen molar-refractivity contribution in [3.63, 3.8) is 0 Å². The average molecular weight is 351 g/mol. The van der Waals surface area contributed by atoms with Crippen molar-refractivity contribution in [1.82, 2.24) is 14.9 Å². The number of rotatable bonds is 9. The van der Waals surface area contributed by atoms with Crippen LogP contribution in [0.15, 0.2) is 24.3 Å². The minimum atomic E-state index is -0.470. The summed E-state index contributed by atoms with van der Waals surface area (Å²) in [6.45, 7) is 0.532. The van der Waals surface area contributed by atoms with Gasteiger partial charge in [0.15, 0.2) is 6.61 Å². The van der Waals surface area contributed by atoms with Crippen LogP contribution >= 0.6 is 11.8 Å². The van der Waals surface area contributed by atoms with E-state index in [-0.39, 0.29) is 19.1 Å². The molecule has 1 heterocycles. The number of hydrogen-bond donors (Lipinski definition) is 1. The van der Waals surface area contributed by atoms with E-state index < -0.39 is 5.97 Å². The summed E-state index contributed by atoms with van der Waals surface area (Å²) in [5, 5.41) is 2.60. The highest BCUT2D eigenvalue weighted by atomic mass is 32.2. The topological polar surface area (TPSA) is 82.5 Å². The van der Waals surface area contributed by atoms with Gasteiger partial charge in [-0.3, -0.25) is 9.59 Å². The minimum Gasteiger partial charge on any atom is -0.454 e. The summed E-state index contributed by atoms with van der Waals surface area (Å²) in [5.41, 5.74) is 1.72. The lowest BCUT2D eigenvalue weighted by atomic mass is 10.3. The fourth-order valence-electron chi connectivity index (χ4n) is 2.21. The van der Waals surface area contributed by atoms with E-state index in [1.54, 1.807) is 18.9 Å². The first kappa shape index (κ1) is 18.3. The van der Waals surface area contributed by atoms with Gasteiger partial charge in [0.2, 0.25) is 0 Å². The Kier molecular flexibility index (Phi) is 7.07. The predicted octanol–water partition coefficient (Wildman–Crippen LogP) is 1.21. The first-order valence-electron chi connectivity index (χ1n) is 7.50. The molecule has 8 heteroatoms. The average Bonchev–Trinajstić information content (AvgIpc) is 2.91. The van der Waals surface area contributed by atoms with Crippen LogP contribution in [0.25, 0.3) is 11.0 Å². The first-order valence-corrected chi connectivity index (χ1v) is 8.89. The van der Waals surface area contributed by atoms with Gasteiger partial charge in [-0.1, -0.05) is 12.1 Å². The number of para-hydroxylation sites is 2. The summed E-state index contributed by atoms with van der Waals surface area (Å²) >= 11 is 1.63. The van der Waals surface area contributed by atoms with Crippen LogP contribution in [0.2, 0.25) is 0 Å². The Labute approximate surface area is 144 Å². The maximum Gasteiger partial charge on any atom is 0.326 e. The molecule has 2 rings (SSSR count). The Hall–Kier alpha value is -2.06. The molecule has 24 heavy (non-hydrogen) atoms. The molecule has 0 aliphatic rings. The molecule has 1 aromatic heterocycles. The highest BCUT2D eigenvalue weighted by Gasteiger charge is 2.14. The summed E-state index contributed by atoms with van der Waals surface area (Å²) in [4.78, 5) is 28.1. The Balaban J connectivity index is 1.97. The number of esters is 1. The van der Waals surface area contributed by atoms with Gasteiger partial charge >= 0.3 is 5.97 Å². The summed E-state index contributed by atoms with van der Waals surface area (Å²) < 4.78 is 11.7. The molecule has 0 atom stereocenters.